The Morgan fingerprint density at radius 2 is 1.84 bits per heavy atom. The highest BCUT2D eigenvalue weighted by Gasteiger charge is 2.15. The third-order valence-electron chi connectivity index (χ3n) is 3.08. The molecule has 19 heavy (non-hydrogen) atoms. The van der Waals surface area contributed by atoms with Crippen molar-refractivity contribution in [2.75, 3.05) is 13.7 Å². The normalized spacial score (nSPS) is 16.1. The first-order chi connectivity index (χ1) is 9.11. The molecular weight excluding hydrogens is 242 g/mol. The van der Waals surface area contributed by atoms with Crippen molar-refractivity contribution in [3.8, 4) is 0 Å². The molecule has 0 radical (unpaired) electrons. The Kier molecular flexibility index (Phi) is 6.79. The molecule has 1 saturated carbocycles. The topological polar surface area (TPSA) is 47.6 Å². The van der Waals surface area contributed by atoms with Crippen molar-refractivity contribution in [1.82, 2.24) is 5.32 Å². The van der Waals surface area contributed by atoms with Gasteiger partial charge in [-0.15, -0.1) is 0 Å². The highest BCUT2D eigenvalue weighted by Crippen LogP contribution is 2.17. The number of hydrogen-bond acceptors (Lipinski definition) is 3. The Bertz CT molecular complexity index is 354. The van der Waals surface area contributed by atoms with Crippen LogP contribution in [0.3, 0.4) is 0 Å². The number of carbonyl (C=O) groups excluding carboxylic acids is 1. The van der Waals surface area contributed by atoms with Gasteiger partial charge < -0.3 is 14.8 Å². The fourth-order valence-corrected chi connectivity index (χ4v) is 1.98. The lowest BCUT2D eigenvalue weighted by Crippen LogP contribution is -2.38. The van der Waals surface area contributed by atoms with Gasteiger partial charge in [0.25, 0.3) is 5.91 Å². The number of nitrogens with one attached hydrogen (secondary N) is 1. The molecule has 1 aliphatic rings. The van der Waals surface area contributed by atoms with E-state index in [1.54, 1.807) is 12.2 Å². The summed E-state index contributed by atoms with van der Waals surface area (Å²) < 4.78 is 10.1. The van der Waals surface area contributed by atoms with Gasteiger partial charge in [-0.05, 0) is 25.0 Å². The molecule has 0 aromatic heterocycles. The molecule has 0 unspecified atom stereocenters. The van der Waals surface area contributed by atoms with Crippen LogP contribution in [0.2, 0.25) is 0 Å². The van der Waals surface area contributed by atoms with Crippen LogP contribution in [0.4, 0.5) is 0 Å². The number of carbonyl (C=O) groups is 1. The highest BCUT2D eigenvalue weighted by atomic mass is 16.5. The molecule has 0 spiro atoms. The molecule has 1 N–H and O–H groups in total. The zero-order valence-electron chi connectivity index (χ0n) is 11.6. The monoisotopic (exact) mass is 265 g/mol. The molecular formula is C15H23NO3. The quantitative estimate of drug-likeness (QED) is 0.568. The minimum atomic E-state index is -0.0907. The average Bonchev–Trinajstić information content (AvgIpc) is 2.43. The van der Waals surface area contributed by atoms with E-state index in [4.69, 9.17) is 9.47 Å². The van der Waals surface area contributed by atoms with Gasteiger partial charge >= 0.3 is 0 Å². The molecule has 1 fully saturated rings. The largest absolute Gasteiger partial charge is 0.497 e. The molecule has 1 aliphatic carbocycles. The van der Waals surface area contributed by atoms with Gasteiger partial charge in [0, 0.05) is 6.04 Å². The lowest BCUT2D eigenvalue weighted by molar-refractivity contribution is -0.125. The Morgan fingerprint density at radius 1 is 1.21 bits per heavy atom. The first kappa shape index (κ1) is 15.3. The molecule has 1 rings (SSSR count). The molecule has 0 saturated heterocycles. The SMILES string of the molecule is C=C(/C=C\C(=C)OCC(=O)NC1CCCCC1)OC. The Morgan fingerprint density at radius 3 is 2.47 bits per heavy atom. The number of allylic oxidation sites excluding steroid dienone is 2. The van der Waals surface area contributed by atoms with Gasteiger partial charge in [-0.3, -0.25) is 4.79 Å². The van der Waals surface area contributed by atoms with E-state index in [-0.39, 0.29) is 12.5 Å². The first-order valence-electron chi connectivity index (χ1n) is 6.64. The van der Waals surface area contributed by atoms with Crippen LogP contribution >= 0.6 is 0 Å². The zero-order valence-corrected chi connectivity index (χ0v) is 11.6. The maximum Gasteiger partial charge on any atom is 0.258 e. The van der Waals surface area contributed by atoms with Crippen molar-refractivity contribution >= 4 is 5.91 Å². The summed E-state index contributed by atoms with van der Waals surface area (Å²) in [5, 5.41) is 2.98. The molecule has 0 bridgehead atoms. The van der Waals surface area contributed by atoms with Crippen LogP contribution in [0, 0.1) is 0 Å². The summed E-state index contributed by atoms with van der Waals surface area (Å²) >= 11 is 0. The summed E-state index contributed by atoms with van der Waals surface area (Å²) in [6.07, 6.45) is 9.07. The molecule has 0 heterocycles. The second-order valence-electron chi connectivity index (χ2n) is 4.66. The number of methoxy groups -OCH3 is 1. The Balaban J connectivity index is 2.20. The fraction of sp³-hybridized carbons (Fsp3) is 0.533. The molecule has 0 aromatic carbocycles. The maximum absolute atomic E-state index is 11.7. The van der Waals surface area contributed by atoms with Gasteiger partial charge in [-0.25, -0.2) is 0 Å². The van der Waals surface area contributed by atoms with Crippen molar-refractivity contribution in [2.24, 2.45) is 0 Å². The van der Waals surface area contributed by atoms with Crippen LogP contribution in [0.5, 0.6) is 0 Å². The van der Waals surface area contributed by atoms with Gasteiger partial charge in [0.2, 0.25) is 0 Å². The predicted molar refractivity (Wildman–Crippen MR) is 75.4 cm³/mol. The smallest absolute Gasteiger partial charge is 0.258 e. The molecule has 0 aromatic rings. The minimum Gasteiger partial charge on any atom is -0.497 e. The van der Waals surface area contributed by atoms with Gasteiger partial charge in [0.15, 0.2) is 6.61 Å². The van der Waals surface area contributed by atoms with Crippen LogP contribution in [0.1, 0.15) is 32.1 Å². The lowest BCUT2D eigenvalue weighted by Gasteiger charge is -2.22. The van der Waals surface area contributed by atoms with Crippen molar-refractivity contribution in [3.05, 3.63) is 36.8 Å². The third kappa shape index (κ3) is 6.70. The number of rotatable bonds is 7. The third-order valence-corrected chi connectivity index (χ3v) is 3.08. The number of amides is 1. The van der Waals surface area contributed by atoms with E-state index in [2.05, 4.69) is 18.5 Å². The van der Waals surface area contributed by atoms with Crippen molar-refractivity contribution < 1.29 is 14.3 Å². The number of ether oxygens (including phenoxy) is 2. The van der Waals surface area contributed by atoms with Gasteiger partial charge in [-0.2, -0.15) is 0 Å². The second kappa shape index (κ2) is 8.40. The van der Waals surface area contributed by atoms with E-state index < -0.39 is 0 Å². The van der Waals surface area contributed by atoms with E-state index in [1.807, 2.05) is 0 Å². The molecule has 106 valence electrons. The molecule has 4 heteroatoms. The second-order valence-corrected chi connectivity index (χ2v) is 4.66. The molecule has 1 amide bonds. The number of hydrogen-bond donors (Lipinski definition) is 1. The zero-order chi connectivity index (χ0) is 14.1. The van der Waals surface area contributed by atoms with E-state index in [1.165, 1.54) is 26.4 Å². The first-order valence-corrected chi connectivity index (χ1v) is 6.64. The van der Waals surface area contributed by atoms with Crippen LogP contribution in [0.15, 0.2) is 36.8 Å². The van der Waals surface area contributed by atoms with Gasteiger partial charge in [0.05, 0.1) is 7.11 Å². The highest BCUT2D eigenvalue weighted by molar-refractivity contribution is 5.77. The van der Waals surface area contributed by atoms with Crippen LogP contribution in [-0.4, -0.2) is 25.7 Å². The average molecular weight is 265 g/mol. The summed E-state index contributed by atoms with van der Waals surface area (Å²) in [4.78, 5) is 11.7. The standard InChI is InChI=1S/C15H23NO3/c1-12(18-3)9-10-13(2)19-11-15(17)16-14-7-5-4-6-8-14/h9-10,14H,1-2,4-8,11H2,3H3,(H,16,17)/b10-9-. The summed E-state index contributed by atoms with van der Waals surface area (Å²) in [6.45, 7) is 7.33. The summed E-state index contributed by atoms with van der Waals surface area (Å²) in [6, 6.07) is 0.307. The summed E-state index contributed by atoms with van der Waals surface area (Å²) in [5.74, 6) is 0.834. The van der Waals surface area contributed by atoms with E-state index in [9.17, 15) is 4.79 Å². The van der Waals surface area contributed by atoms with Crippen LogP contribution < -0.4 is 5.32 Å². The molecule has 0 aliphatic heterocycles. The lowest BCUT2D eigenvalue weighted by atomic mass is 9.95. The minimum absolute atomic E-state index is 0.000861. The summed E-state index contributed by atoms with van der Waals surface area (Å²) in [5.41, 5.74) is 0. The van der Waals surface area contributed by atoms with E-state index >= 15 is 0 Å². The van der Waals surface area contributed by atoms with E-state index in [0.29, 0.717) is 17.6 Å². The van der Waals surface area contributed by atoms with Crippen LogP contribution in [0.25, 0.3) is 0 Å². The summed E-state index contributed by atoms with van der Waals surface area (Å²) in [7, 11) is 1.54. The van der Waals surface area contributed by atoms with Crippen LogP contribution in [-0.2, 0) is 14.3 Å². The Labute approximate surface area is 115 Å². The predicted octanol–water partition coefficient (Wildman–Crippen LogP) is 2.68. The fourth-order valence-electron chi connectivity index (χ4n) is 1.98. The van der Waals surface area contributed by atoms with Crippen molar-refractivity contribution in [2.45, 2.75) is 38.1 Å². The van der Waals surface area contributed by atoms with Crippen molar-refractivity contribution in [3.63, 3.8) is 0 Å². The molecule has 0 atom stereocenters. The van der Waals surface area contributed by atoms with Gasteiger partial charge in [0.1, 0.15) is 11.5 Å². The Hall–Kier alpha value is -1.71. The van der Waals surface area contributed by atoms with Crippen molar-refractivity contribution in [1.29, 1.82) is 0 Å². The molecule has 4 nitrogen and oxygen atoms in total. The van der Waals surface area contributed by atoms with E-state index in [0.717, 1.165) is 12.8 Å². The van der Waals surface area contributed by atoms with Gasteiger partial charge in [-0.1, -0.05) is 32.4 Å². The maximum atomic E-state index is 11.7.